The molecule has 0 atom stereocenters. The molecule has 0 N–H and O–H groups in total. The normalized spacial score (nSPS) is 14.3. The molecule has 5 nitrogen and oxygen atoms in total. The van der Waals surface area contributed by atoms with E-state index in [0.717, 1.165) is 39.5 Å². The summed E-state index contributed by atoms with van der Waals surface area (Å²) in [5.74, 6) is -0.893. The molecule has 5 heteroatoms. The summed E-state index contributed by atoms with van der Waals surface area (Å²) in [6.07, 6.45) is 0. The summed E-state index contributed by atoms with van der Waals surface area (Å²) in [4.78, 5) is 14.3. The molecule has 11 aromatic rings. The Morgan fingerprint density at radius 3 is 1.55 bits per heavy atom. The lowest BCUT2D eigenvalue weighted by molar-refractivity contribution is 0.953. The number of rotatable bonds is 6. The number of aromatic nitrogens is 5. The quantitative estimate of drug-likeness (QED) is 0.171. The fourth-order valence-electron chi connectivity index (χ4n) is 7.56. The lowest BCUT2D eigenvalue weighted by atomic mass is 9.99. The Bertz CT molecular complexity index is 3850. The average molecular weight is 727 g/mol. The van der Waals surface area contributed by atoms with Crippen molar-refractivity contribution in [1.82, 2.24) is 24.1 Å². The summed E-state index contributed by atoms with van der Waals surface area (Å²) in [5.41, 5.74) is 6.27. The zero-order valence-corrected chi connectivity index (χ0v) is 29.4. The number of hydrogen-bond acceptors (Lipinski definition) is 3. The first-order valence-corrected chi connectivity index (χ1v) is 18.0. The SMILES string of the molecule is [2H]c1cc([2H])c([2H])c(-c2nc(-c3c([2H])c([2H])c([2H])c([2H])c3[2H])nc(-n3c4ccccc4c4c([2H])c([2H])c5c6ccccc6n(-c6cccc(-c7cccc(-c8ccccc8)c7)c6)c5c43)n2)c1[2H]. The van der Waals surface area contributed by atoms with Gasteiger partial charge in [-0.3, -0.25) is 4.57 Å². The maximum absolute atomic E-state index is 9.67. The fourth-order valence-corrected chi connectivity index (χ4v) is 7.56. The molecule has 0 spiro atoms. The van der Waals surface area contributed by atoms with E-state index in [4.69, 9.17) is 22.3 Å². The van der Waals surface area contributed by atoms with Crippen molar-refractivity contribution in [2.45, 2.75) is 0 Å². The molecule has 3 heterocycles. The summed E-state index contributed by atoms with van der Waals surface area (Å²) in [6, 6.07) is 37.5. The van der Waals surface area contributed by atoms with E-state index in [1.165, 1.54) is 0 Å². The van der Waals surface area contributed by atoms with E-state index in [0.29, 0.717) is 38.1 Å². The molecule has 262 valence electrons. The van der Waals surface area contributed by atoms with Crippen LogP contribution in [0.3, 0.4) is 0 Å². The van der Waals surface area contributed by atoms with Crippen LogP contribution in [0, 0.1) is 0 Å². The third-order valence-corrected chi connectivity index (χ3v) is 10.0. The summed E-state index contributed by atoms with van der Waals surface area (Å²) in [5, 5.41) is 2.13. The Kier molecular flexibility index (Phi) is 5.25. The predicted octanol–water partition coefficient (Wildman–Crippen LogP) is 12.7. The number of hydrogen-bond donors (Lipinski definition) is 0. The van der Waals surface area contributed by atoms with Crippen LogP contribution in [0.15, 0.2) is 200 Å². The Balaban J connectivity index is 1.29. The molecule has 0 saturated carbocycles. The lowest BCUT2D eigenvalue weighted by Gasteiger charge is -2.14. The highest BCUT2D eigenvalue weighted by atomic mass is 15.2. The van der Waals surface area contributed by atoms with Gasteiger partial charge < -0.3 is 4.57 Å². The second-order valence-corrected chi connectivity index (χ2v) is 13.2. The van der Waals surface area contributed by atoms with Gasteiger partial charge in [-0.2, -0.15) is 9.97 Å². The molecule has 11 rings (SSSR count). The minimum absolute atomic E-state index is 0.0174. The molecule has 0 aliphatic heterocycles. The van der Waals surface area contributed by atoms with Crippen molar-refractivity contribution >= 4 is 43.6 Å². The van der Waals surface area contributed by atoms with Crippen molar-refractivity contribution in [1.29, 1.82) is 0 Å². The molecule has 0 aliphatic rings. The smallest absolute Gasteiger partial charge is 0.238 e. The van der Waals surface area contributed by atoms with Crippen LogP contribution >= 0.6 is 0 Å². The summed E-state index contributed by atoms with van der Waals surface area (Å²) >= 11 is 0. The van der Waals surface area contributed by atoms with Gasteiger partial charge in [0.2, 0.25) is 5.95 Å². The van der Waals surface area contributed by atoms with Crippen molar-refractivity contribution in [3.63, 3.8) is 0 Å². The van der Waals surface area contributed by atoms with E-state index in [2.05, 4.69) is 41.4 Å². The molecular formula is C51H33N5. The third kappa shape index (κ3) is 5.21. The van der Waals surface area contributed by atoms with Gasteiger partial charge >= 0.3 is 0 Å². The maximum atomic E-state index is 9.67. The van der Waals surface area contributed by atoms with Crippen molar-refractivity contribution in [2.75, 3.05) is 0 Å². The number of benzene rings is 8. The highest BCUT2D eigenvalue weighted by molar-refractivity contribution is 6.23. The maximum Gasteiger partial charge on any atom is 0.238 e. The molecule has 56 heavy (non-hydrogen) atoms. The lowest BCUT2D eigenvalue weighted by Crippen LogP contribution is -2.07. The molecule has 3 aromatic heterocycles. The van der Waals surface area contributed by atoms with Crippen molar-refractivity contribution in [3.05, 3.63) is 200 Å². The Labute approximate surface area is 338 Å². The first-order valence-electron chi connectivity index (χ1n) is 23.5. The van der Waals surface area contributed by atoms with Crippen LogP contribution in [-0.4, -0.2) is 24.1 Å². The highest BCUT2D eigenvalue weighted by Gasteiger charge is 2.23. The van der Waals surface area contributed by atoms with E-state index < -0.39 is 42.3 Å². The highest BCUT2D eigenvalue weighted by Crippen LogP contribution is 2.42. The molecule has 0 aliphatic carbocycles. The summed E-state index contributed by atoms with van der Waals surface area (Å²) in [6.45, 7) is 0. The first kappa shape index (κ1) is 22.6. The molecule has 0 saturated heterocycles. The number of fused-ring (bicyclic) bond motifs is 7. The van der Waals surface area contributed by atoms with Crippen LogP contribution in [-0.2, 0) is 0 Å². The fraction of sp³-hybridized carbons (Fsp3) is 0. The molecular weight excluding hydrogens is 683 g/mol. The summed E-state index contributed by atoms with van der Waals surface area (Å²) < 4.78 is 101. The van der Waals surface area contributed by atoms with Gasteiger partial charge in [0, 0.05) is 38.4 Å². The van der Waals surface area contributed by atoms with Gasteiger partial charge in [-0.1, -0.05) is 170 Å². The average Bonchev–Trinajstić information content (AvgIpc) is 3.88. The second kappa shape index (κ2) is 13.0. The van der Waals surface area contributed by atoms with Crippen molar-refractivity contribution in [2.24, 2.45) is 0 Å². The van der Waals surface area contributed by atoms with Gasteiger partial charge in [0.1, 0.15) is 0 Å². The van der Waals surface area contributed by atoms with E-state index in [1.807, 2.05) is 83.4 Å². The second-order valence-electron chi connectivity index (χ2n) is 13.2. The van der Waals surface area contributed by atoms with Crippen LogP contribution in [0.4, 0.5) is 0 Å². The monoisotopic (exact) mass is 726 g/mol. The molecule has 0 bridgehead atoms. The number of para-hydroxylation sites is 2. The van der Waals surface area contributed by atoms with E-state index >= 15 is 0 Å². The molecule has 0 fully saturated rings. The minimum Gasteiger partial charge on any atom is -0.307 e. The van der Waals surface area contributed by atoms with Crippen molar-refractivity contribution in [3.8, 4) is 56.7 Å². The Morgan fingerprint density at radius 2 is 0.875 bits per heavy atom. The van der Waals surface area contributed by atoms with E-state index in [-0.39, 0.29) is 52.9 Å². The van der Waals surface area contributed by atoms with Gasteiger partial charge in [-0.05, 0) is 52.6 Å². The largest absolute Gasteiger partial charge is 0.307 e. The van der Waals surface area contributed by atoms with E-state index in [9.17, 15) is 2.74 Å². The zero-order valence-electron chi connectivity index (χ0n) is 40.4. The van der Waals surface area contributed by atoms with Gasteiger partial charge in [-0.25, -0.2) is 4.98 Å². The van der Waals surface area contributed by atoms with E-state index in [1.54, 1.807) is 16.7 Å². The molecule has 0 unspecified atom stereocenters. The van der Waals surface area contributed by atoms with Crippen LogP contribution < -0.4 is 0 Å². The topological polar surface area (TPSA) is 48.5 Å². The van der Waals surface area contributed by atoms with Crippen LogP contribution in [0.2, 0.25) is 0 Å². The van der Waals surface area contributed by atoms with Crippen LogP contribution in [0.5, 0.6) is 0 Å². The Hall–Kier alpha value is -7.63. The van der Waals surface area contributed by atoms with Crippen LogP contribution in [0.25, 0.3) is 100 Å². The standard InChI is InChI=1S/C51H33N5/c1-4-16-34(17-5-1)37-22-14-23-38(32-37)39-24-15-25-40(33-39)55-45-28-12-10-26-41(45)43-30-31-44-42-27-11-13-29-46(42)56(48(44)47(43)55)51-53-49(35-18-6-2-7-19-35)52-50(54-51)36-20-8-3-9-21-36/h1-33H/i2D,6D,7D,8D,9D,18D,19D,20D,21D,30D,31D. The van der Waals surface area contributed by atoms with Gasteiger partial charge in [0.05, 0.1) is 37.1 Å². The Morgan fingerprint density at radius 1 is 0.357 bits per heavy atom. The van der Waals surface area contributed by atoms with Crippen molar-refractivity contribution < 1.29 is 15.1 Å². The predicted molar refractivity (Wildman–Crippen MR) is 230 cm³/mol. The molecule has 0 radical (unpaired) electrons. The number of nitrogens with zero attached hydrogens (tertiary/aromatic N) is 5. The summed E-state index contributed by atoms with van der Waals surface area (Å²) in [7, 11) is 0. The van der Waals surface area contributed by atoms with Gasteiger partial charge in [0.25, 0.3) is 0 Å². The zero-order chi connectivity index (χ0) is 46.6. The molecule has 8 aromatic carbocycles. The first-order chi connectivity index (χ1) is 32.3. The van der Waals surface area contributed by atoms with Gasteiger partial charge in [-0.15, -0.1) is 0 Å². The molecule has 0 amide bonds. The minimum atomic E-state index is -0.637. The van der Waals surface area contributed by atoms with Gasteiger partial charge in [0.15, 0.2) is 11.6 Å². The van der Waals surface area contributed by atoms with Crippen LogP contribution in [0.1, 0.15) is 15.1 Å². The third-order valence-electron chi connectivity index (χ3n) is 10.0.